The maximum absolute atomic E-state index is 12.4. The first kappa shape index (κ1) is 7.96. The molecule has 0 aromatic rings. The summed E-state index contributed by atoms with van der Waals surface area (Å²) in [6.07, 6.45) is 0. The predicted octanol–water partition coefficient (Wildman–Crippen LogP) is 3.08. The van der Waals surface area contributed by atoms with E-state index in [2.05, 4.69) is 0 Å². The Morgan fingerprint density at radius 2 is 1.88 bits per heavy atom. The van der Waals surface area contributed by atoms with Crippen LogP contribution in [0.1, 0.15) is 20.8 Å². The Morgan fingerprint density at radius 1 is 1.50 bits per heavy atom. The minimum atomic E-state index is -0.216. The quantitative estimate of drug-likeness (QED) is 0.520. The maximum atomic E-state index is 12.4. The molecule has 0 N–H and O–H groups in total. The van der Waals surface area contributed by atoms with Crippen molar-refractivity contribution in [1.29, 1.82) is 0 Å². The molecule has 0 aromatic carbocycles. The van der Waals surface area contributed by atoms with E-state index in [0.717, 1.165) is 0 Å². The summed E-state index contributed by atoms with van der Waals surface area (Å²) in [6.45, 7) is 5.08. The second kappa shape index (κ2) is 3.08. The van der Waals surface area contributed by atoms with Crippen LogP contribution in [-0.4, -0.2) is 0 Å². The van der Waals surface area contributed by atoms with Crippen molar-refractivity contribution in [2.45, 2.75) is 20.8 Å². The third kappa shape index (κ3) is 2.31. The Kier molecular flexibility index (Phi) is 3.06. The van der Waals surface area contributed by atoms with Crippen molar-refractivity contribution in [2.24, 2.45) is 5.92 Å². The molecule has 0 heterocycles. The van der Waals surface area contributed by atoms with Crippen LogP contribution in [0.3, 0.4) is 0 Å². The van der Waals surface area contributed by atoms with Gasteiger partial charge in [-0.15, -0.1) is 0 Å². The van der Waals surface area contributed by atoms with Gasteiger partial charge in [0.15, 0.2) is 0 Å². The Hall–Kier alpha value is -0.0400. The van der Waals surface area contributed by atoms with Gasteiger partial charge >= 0.3 is 0 Å². The number of rotatable bonds is 1. The van der Waals surface area contributed by atoms with Crippen molar-refractivity contribution in [1.82, 2.24) is 0 Å². The highest BCUT2D eigenvalue weighted by molar-refractivity contribution is 6.29. The average Bonchev–Trinajstić information content (AvgIpc) is 1.64. The average molecular weight is 137 g/mol. The zero-order valence-corrected chi connectivity index (χ0v) is 6.09. The Bertz CT molecular complexity index is 101. The molecule has 8 heavy (non-hydrogen) atoms. The first-order valence-corrected chi connectivity index (χ1v) is 2.95. The Morgan fingerprint density at radius 3 is 1.88 bits per heavy atom. The molecule has 0 aromatic heterocycles. The molecule has 0 amide bonds. The van der Waals surface area contributed by atoms with E-state index in [1.807, 2.05) is 0 Å². The minimum absolute atomic E-state index is 0.0764. The lowest BCUT2D eigenvalue weighted by Gasteiger charge is -1.99. The van der Waals surface area contributed by atoms with Gasteiger partial charge in [0.2, 0.25) is 0 Å². The normalized spacial score (nSPS) is 14.2. The van der Waals surface area contributed by atoms with Crippen molar-refractivity contribution < 1.29 is 4.39 Å². The number of hydrogen-bond acceptors (Lipinski definition) is 0. The lowest BCUT2D eigenvalue weighted by atomic mass is 10.2. The Balaban J connectivity index is 4.00. The van der Waals surface area contributed by atoms with Crippen LogP contribution in [0.5, 0.6) is 0 Å². The SMILES string of the molecule is C/C(Cl)=C(/F)C(C)C. The molecule has 0 nitrogen and oxygen atoms in total. The van der Waals surface area contributed by atoms with Crippen LogP contribution in [-0.2, 0) is 0 Å². The van der Waals surface area contributed by atoms with Gasteiger partial charge in [0, 0.05) is 11.0 Å². The fraction of sp³-hybridized carbons (Fsp3) is 0.667. The van der Waals surface area contributed by atoms with E-state index < -0.39 is 0 Å². The summed E-state index contributed by atoms with van der Waals surface area (Å²) in [6, 6.07) is 0. The fourth-order valence-corrected chi connectivity index (χ4v) is 0.616. The molecule has 0 bridgehead atoms. The van der Waals surface area contributed by atoms with E-state index in [1.165, 1.54) is 0 Å². The van der Waals surface area contributed by atoms with Crippen molar-refractivity contribution >= 4 is 11.6 Å². The smallest absolute Gasteiger partial charge is 0.117 e. The highest BCUT2D eigenvalue weighted by Gasteiger charge is 2.02. The van der Waals surface area contributed by atoms with Crippen molar-refractivity contribution in [2.75, 3.05) is 0 Å². The van der Waals surface area contributed by atoms with Gasteiger partial charge in [0.05, 0.1) is 0 Å². The van der Waals surface area contributed by atoms with Crippen LogP contribution in [0, 0.1) is 5.92 Å². The molecule has 0 radical (unpaired) electrons. The number of halogens is 2. The van der Waals surface area contributed by atoms with E-state index >= 15 is 0 Å². The summed E-state index contributed by atoms with van der Waals surface area (Å²) in [5.41, 5.74) is 0. The van der Waals surface area contributed by atoms with Crippen LogP contribution in [0.15, 0.2) is 10.9 Å². The minimum Gasteiger partial charge on any atom is -0.210 e. The van der Waals surface area contributed by atoms with Gasteiger partial charge < -0.3 is 0 Å². The molecule has 0 aliphatic rings. The summed E-state index contributed by atoms with van der Waals surface area (Å²) in [5, 5.41) is 0.264. The van der Waals surface area contributed by atoms with Crippen LogP contribution < -0.4 is 0 Å². The van der Waals surface area contributed by atoms with Gasteiger partial charge in [0.25, 0.3) is 0 Å². The van der Waals surface area contributed by atoms with Crippen LogP contribution >= 0.6 is 11.6 Å². The van der Waals surface area contributed by atoms with Gasteiger partial charge in [-0.1, -0.05) is 25.4 Å². The summed E-state index contributed by atoms with van der Waals surface area (Å²) >= 11 is 5.33. The summed E-state index contributed by atoms with van der Waals surface area (Å²) < 4.78 is 12.4. The van der Waals surface area contributed by atoms with E-state index in [9.17, 15) is 4.39 Å². The molecule has 0 aliphatic carbocycles. The van der Waals surface area contributed by atoms with Gasteiger partial charge in [-0.2, -0.15) is 0 Å². The molecular weight excluding hydrogens is 127 g/mol. The largest absolute Gasteiger partial charge is 0.210 e. The molecule has 0 fully saturated rings. The van der Waals surface area contributed by atoms with E-state index in [4.69, 9.17) is 11.6 Å². The van der Waals surface area contributed by atoms with Gasteiger partial charge in [0.1, 0.15) is 5.83 Å². The number of allylic oxidation sites excluding steroid dienone is 2. The fourth-order valence-electron chi connectivity index (χ4n) is 0.398. The first-order chi connectivity index (χ1) is 3.55. The van der Waals surface area contributed by atoms with Gasteiger partial charge in [-0.05, 0) is 6.92 Å². The molecule has 0 spiro atoms. The summed E-state index contributed by atoms with van der Waals surface area (Å²) in [5.74, 6) is -0.292. The van der Waals surface area contributed by atoms with Gasteiger partial charge in [-0.25, -0.2) is 4.39 Å². The molecule has 0 aliphatic heterocycles. The van der Waals surface area contributed by atoms with E-state index in [1.54, 1.807) is 20.8 Å². The van der Waals surface area contributed by atoms with E-state index in [-0.39, 0.29) is 16.8 Å². The van der Waals surface area contributed by atoms with Crippen molar-refractivity contribution in [3.8, 4) is 0 Å². The second-order valence-corrected chi connectivity index (χ2v) is 2.60. The topological polar surface area (TPSA) is 0 Å². The molecule has 0 rings (SSSR count). The zero-order valence-electron chi connectivity index (χ0n) is 5.33. The monoisotopic (exact) mass is 136 g/mol. The highest BCUT2D eigenvalue weighted by Crippen LogP contribution is 2.17. The first-order valence-electron chi connectivity index (χ1n) is 2.57. The molecule has 2 heteroatoms. The van der Waals surface area contributed by atoms with Crippen LogP contribution in [0.25, 0.3) is 0 Å². The molecule has 0 unspecified atom stereocenters. The van der Waals surface area contributed by atoms with Crippen LogP contribution in [0.4, 0.5) is 4.39 Å². The molecule has 48 valence electrons. The van der Waals surface area contributed by atoms with E-state index in [0.29, 0.717) is 0 Å². The van der Waals surface area contributed by atoms with Crippen molar-refractivity contribution in [3.05, 3.63) is 10.9 Å². The summed E-state index contributed by atoms with van der Waals surface area (Å²) in [7, 11) is 0. The molecule has 0 atom stereocenters. The lowest BCUT2D eigenvalue weighted by molar-refractivity contribution is 0.515. The third-order valence-corrected chi connectivity index (χ3v) is 1.02. The van der Waals surface area contributed by atoms with Gasteiger partial charge in [-0.3, -0.25) is 0 Å². The molecule has 0 saturated heterocycles. The number of hydrogen-bond donors (Lipinski definition) is 0. The predicted molar refractivity (Wildman–Crippen MR) is 34.5 cm³/mol. The third-order valence-electron chi connectivity index (χ3n) is 0.836. The molecule has 0 saturated carbocycles. The standard InChI is InChI=1S/C6H10ClF/c1-4(2)6(8)5(3)7/h4H,1-3H3/b6-5-. The van der Waals surface area contributed by atoms with Crippen LogP contribution in [0.2, 0.25) is 0 Å². The Labute approximate surface area is 54.3 Å². The molecular formula is C6H10ClF. The highest BCUT2D eigenvalue weighted by atomic mass is 35.5. The zero-order chi connectivity index (χ0) is 6.73. The maximum Gasteiger partial charge on any atom is 0.117 e. The second-order valence-electron chi connectivity index (χ2n) is 2.04. The lowest BCUT2D eigenvalue weighted by Crippen LogP contribution is -1.87. The van der Waals surface area contributed by atoms with Crippen molar-refractivity contribution in [3.63, 3.8) is 0 Å². The summed E-state index contributed by atoms with van der Waals surface area (Å²) in [4.78, 5) is 0.